The Kier molecular flexibility index (Phi) is 6.41. The minimum absolute atomic E-state index is 0.0201. The number of rotatable bonds is 7. The summed E-state index contributed by atoms with van der Waals surface area (Å²) in [5.41, 5.74) is 0.968. The van der Waals surface area contributed by atoms with Gasteiger partial charge in [-0.15, -0.1) is 0 Å². The van der Waals surface area contributed by atoms with E-state index in [0.29, 0.717) is 22.0 Å². The van der Waals surface area contributed by atoms with Gasteiger partial charge in [-0.1, -0.05) is 36.7 Å². The highest BCUT2D eigenvalue weighted by atomic mass is 35.5. The molecule has 2 rings (SSSR count). The smallest absolute Gasteiger partial charge is 0.240 e. The van der Waals surface area contributed by atoms with Gasteiger partial charge in [0, 0.05) is 18.0 Å². The number of halogens is 1. The lowest BCUT2D eigenvalue weighted by Crippen LogP contribution is -2.23. The number of carbonyl (C=O) groups excluding carboxylic acids is 1. The molecular weight excluding hydrogens is 364 g/mol. The van der Waals surface area contributed by atoms with Gasteiger partial charge in [0.1, 0.15) is 5.75 Å². The lowest BCUT2D eigenvalue weighted by molar-refractivity contribution is -0.115. The molecule has 0 spiro atoms. The van der Waals surface area contributed by atoms with E-state index in [0.717, 1.165) is 0 Å². The van der Waals surface area contributed by atoms with Crippen molar-refractivity contribution in [1.82, 2.24) is 4.72 Å². The number of carbonyl (C=O) groups is 1. The molecule has 25 heavy (non-hydrogen) atoms. The number of sulfonamides is 1. The summed E-state index contributed by atoms with van der Waals surface area (Å²) in [6, 6.07) is 11.3. The standard InChI is InChI=1S/C17H19ClN2O4S/c1-3-17(21)20-15-10-13(8-9-16(15)24-2)25(22,23)19-11-12-6-4-5-7-14(12)18/h4-10,19H,3,11H2,1-2H3,(H,20,21). The second-order valence-electron chi connectivity index (χ2n) is 5.18. The highest BCUT2D eigenvalue weighted by Crippen LogP contribution is 2.28. The SMILES string of the molecule is CCC(=O)Nc1cc(S(=O)(=O)NCc2ccccc2Cl)ccc1OC. The highest BCUT2D eigenvalue weighted by molar-refractivity contribution is 7.89. The van der Waals surface area contributed by atoms with E-state index in [1.807, 2.05) is 0 Å². The van der Waals surface area contributed by atoms with Crippen LogP contribution in [0.1, 0.15) is 18.9 Å². The third kappa shape index (κ3) is 4.94. The Balaban J connectivity index is 2.25. The predicted octanol–water partition coefficient (Wildman–Crippen LogP) is 3.18. The maximum Gasteiger partial charge on any atom is 0.240 e. The van der Waals surface area contributed by atoms with Gasteiger partial charge in [0.2, 0.25) is 15.9 Å². The Morgan fingerprint density at radius 3 is 2.56 bits per heavy atom. The molecule has 0 heterocycles. The molecule has 2 N–H and O–H groups in total. The summed E-state index contributed by atoms with van der Waals surface area (Å²) in [5, 5.41) is 3.11. The Morgan fingerprint density at radius 1 is 1.20 bits per heavy atom. The molecule has 0 bridgehead atoms. The van der Waals surface area contributed by atoms with Crippen molar-refractivity contribution in [1.29, 1.82) is 0 Å². The average molecular weight is 383 g/mol. The zero-order chi connectivity index (χ0) is 18.4. The molecule has 134 valence electrons. The molecule has 2 aromatic rings. The second kappa shape index (κ2) is 8.33. The van der Waals surface area contributed by atoms with Crippen LogP contribution >= 0.6 is 11.6 Å². The van der Waals surface area contributed by atoms with Crippen LogP contribution in [0, 0.1) is 0 Å². The number of nitrogens with one attached hydrogen (secondary N) is 2. The van der Waals surface area contributed by atoms with Gasteiger partial charge >= 0.3 is 0 Å². The molecule has 6 nitrogen and oxygen atoms in total. The predicted molar refractivity (Wildman–Crippen MR) is 97.4 cm³/mol. The van der Waals surface area contributed by atoms with Gasteiger partial charge in [-0.3, -0.25) is 4.79 Å². The van der Waals surface area contributed by atoms with Gasteiger partial charge in [0.15, 0.2) is 0 Å². The van der Waals surface area contributed by atoms with Gasteiger partial charge in [-0.25, -0.2) is 13.1 Å². The molecule has 0 aliphatic carbocycles. The van der Waals surface area contributed by atoms with Crippen LogP contribution in [-0.2, 0) is 21.4 Å². The monoisotopic (exact) mass is 382 g/mol. The van der Waals surface area contributed by atoms with E-state index in [2.05, 4.69) is 10.0 Å². The molecule has 0 aliphatic heterocycles. The van der Waals surface area contributed by atoms with Crippen LogP contribution in [-0.4, -0.2) is 21.4 Å². The van der Waals surface area contributed by atoms with E-state index >= 15 is 0 Å². The summed E-state index contributed by atoms with van der Waals surface area (Å²) < 4.78 is 32.7. The van der Waals surface area contributed by atoms with Gasteiger partial charge in [-0.05, 0) is 29.8 Å². The number of methoxy groups -OCH3 is 1. The molecule has 0 radical (unpaired) electrons. The number of amides is 1. The summed E-state index contributed by atoms with van der Waals surface area (Å²) in [6.45, 7) is 1.76. The molecular formula is C17H19ClN2O4S. The van der Waals surface area contributed by atoms with Gasteiger partial charge in [0.25, 0.3) is 0 Å². The van der Waals surface area contributed by atoms with Crippen LogP contribution in [0.15, 0.2) is 47.4 Å². The Bertz CT molecular complexity index is 869. The Hall–Kier alpha value is -2.09. The van der Waals surface area contributed by atoms with Crippen LogP contribution in [0.5, 0.6) is 5.75 Å². The van der Waals surface area contributed by atoms with E-state index in [1.54, 1.807) is 31.2 Å². The zero-order valence-corrected chi connectivity index (χ0v) is 15.4. The van der Waals surface area contributed by atoms with Crippen molar-refractivity contribution in [3.63, 3.8) is 0 Å². The highest BCUT2D eigenvalue weighted by Gasteiger charge is 2.17. The van der Waals surface area contributed by atoms with E-state index < -0.39 is 10.0 Å². The summed E-state index contributed by atoms with van der Waals surface area (Å²) in [5.74, 6) is 0.142. The van der Waals surface area contributed by atoms with Crippen LogP contribution in [0.3, 0.4) is 0 Å². The van der Waals surface area contributed by atoms with Crippen molar-refractivity contribution in [2.45, 2.75) is 24.8 Å². The third-order valence-electron chi connectivity index (χ3n) is 3.49. The molecule has 8 heteroatoms. The van der Waals surface area contributed by atoms with Crippen LogP contribution < -0.4 is 14.8 Å². The second-order valence-corrected chi connectivity index (χ2v) is 7.35. The van der Waals surface area contributed by atoms with Crippen LogP contribution in [0.25, 0.3) is 0 Å². The number of hydrogen-bond acceptors (Lipinski definition) is 4. The van der Waals surface area contributed by atoms with E-state index in [1.165, 1.54) is 25.3 Å². The lowest BCUT2D eigenvalue weighted by Gasteiger charge is -2.13. The molecule has 0 atom stereocenters. The molecule has 0 saturated carbocycles. The van der Waals surface area contributed by atoms with Gasteiger partial charge in [-0.2, -0.15) is 0 Å². The first-order valence-electron chi connectivity index (χ1n) is 7.58. The summed E-state index contributed by atoms with van der Waals surface area (Å²) in [4.78, 5) is 11.6. The van der Waals surface area contributed by atoms with Crippen molar-refractivity contribution in [2.24, 2.45) is 0 Å². The summed E-state index contributed by atoms with van der Waals surface area (Å²) >= 11 is 6.04. The zero-order valence-electron chi connectivity index (χ0n) is 13.9. The Labute approximate surface area is 152 Å². The molecule has 1 amide bonds. The third-order valence-corrected chi connectivity index (χ3v) is 5.25. The number of ether oxygens (including phenoxy) is 1. The summed E-state index contributed by atoms with van der Waals surface area (Å²) in [6.07, 6.45) is 0.269. The average Bonchev–Trinajstić information content (AvgIpc) is 2.60. The van der Waals surface area contributed by atoms with E-state index in [9.17, 15) is 13.2 Å². The van der Waals surface area contributed by atoms with Gasteiger partial charge < -0.3 is 10.1 Å². The molecule has 2 aromatic carbocycles. The number of benzene rings is 2. The molecule has 0 fully saturated rings. The fourth-order valence-electron chi connectivity index (χ4n) is 2.09. The van der Waals surface area contributed by atoms with Crippen molar-refractivity contribution in [3.8, 4) is 5.75 Å². The quantitative estimate of drug-likeness (QED) is 0.770. The Morgan fingerprint density at radius 2 is 1.92 bits per heavy atom. The van der Waals surface area contributed by atoms with Crippen molar-refractivity contribution in [3.05, 3.63) is 53.1 Å². The normalized spacial score (nSPS) is 11.2. The summed E-state index contributed by atoms with van der Waals surface area (Å²) in [7, 11) is -2.34. The van der Waals surface area contributed by atoms with Crippen molar-refractivity contribution in [2.75, 3.05) is 12.4 Å². The first-order valence-corrected chi connectivity index (χ1v) is 9.44. The van der Waals surface area contributed by atoms with Crippen molar-refractivity contribution >= 4 is 33.2 Å². The lowest BCUT2D eigenvalue weighted by atomic mass is 10.2. The molecule has 0 unspecified atom stereocenters. The van der Waals surface area contributed by atoms with Crippen LogP contribution in [0.2, 0.25) is 5.02 Å². The minimum atomic E-state index is -3.78. The number of anilines is 1. The van der Waals surface area contributed by atoms with Crippen LogP contribution in [0.4, 0.5) is 5.69 Å². The number of hydrogen-bond donors (Lipinski definition) is 2. The fourth-order valence-corrected chi connectivity index (χ4v) is 3.32. The van der Waals surface area contributed by atoms with E-state index in [-0.39, 0.29) is 23.8 Å². The topological polar surface area (TPSA) is 84.5 Å². The largest absolute Gasteiger partial charge is 0.495 e. The maximum atomic E-state index is 12.5. The fraction of sp³-hybridized carbons (Fsp3) is 0.235. The molecule has 0 aliphatic rings. The van der Waals surface area contributed by atoms with Crippen molar-refractivity contribution < 1.29 is 17.9 Å². The molecule has 0 saturated heterocycles. The first-order chi connectivity index (χ1) is 11.9. The maximum absolute atomic E-state index is 12.5. The van der Waals surface area contributed by atoms with E-state index in [4.69, 9.17) is 16.3 Å². The molecule has 0 aromatic heterocycles. The minimum Gasteiger partial charge on any atom is -0.495 e. The first kappa shape index (κ1) is 19.2. The van der Waals surface area contributed by atoms with Gasteiger partial charge in [0.05, 0.1) is 17.7 Å².